The van der Waals surface area contributed by atoms with Crippen LogP contribution in [0.15, 0.2) is 48.5 Å². The molecule has 2 aromatic carbocycles. The highest BCUT2D eigenvalue weighted by Gasteiger charge is 2.31. The lowest BCUT2D eigenvalue weighted by Gasteiger charge is -2.27. The summed E-state index contributed by atoms with van der Waals surface area (Å²) in [6.45, 7) is 0.585. The number of carbonyl (C=O) groups excluding carboxylic acids is 1. The van der Waals surface area contributed by atoms with Crippen molar-refractivity contribution >= 4 is 5.91 Å². The van der Waals surface area contributed by atoms with Crippen LogP contribution < -0.4 is 0 Å². The summed E-state index contributed by atoms with van der Waals surface area (Å²) in [6.07, 6.45) is 1.29. The van der Waals surface area contributed by atoms with Gasteiger partial charge in [-0.25, -0.2) is 8.78 Å². The number of hydrogen-bond donors (Lipinski definition) is 1. The number of amides is 1. The minimum atomic E-state index is -0.648. The van der Waals surface area contributed by atoms with Crippen molar-refractivity contribution in [3.8, 4) is 0 Å². The quantitative estimate of drug-likeness (QED) is 0.899. The van der Waals surface area contributed by atoms with Gasteiger partial charge in [0.2, 0.25) is 5.91 Å². The van der Waals surface area contributed by atoms with E-state index in [2.05, 4.69) is 0 Å². The number of aliphatic hydroxyl groups excluding tert-OH is 1. The monoisotopic (exact) mass is 345 g/mol. The smallest absolute Gasteiger partial charge is 0.227 e. The van der Waals surface area contributed by atoms with E-state index >= 15 is 0 Å². The number of likely N-dealkylation sites (tertiary alicyclic amines) is 1. The van der Waals surface area contributed by atoms with Gasteiger partial charge in [0.05, 0.1) is 12.5 Å². The summed E-state index contributed by atoms with van der Waals surface area (Å²) in [6, 6.07) is 12.4. The summed E-state index contributed by atoms with van der Waals surface area (Å²) in [7, 11) is 0. The number of benzene rings is 2. The number of nitrogens with zero attached hydrogens (tertiary/aromatic N) is 1. The highest BCUT2D eigenvalue weighted by molar-refractivity contribution is 5.79. The van der Waals surface area contributed by atoms with Gasteiger partial charge in [-0.3, -0.25) is 4.79 Å². The minimum absolute atomic E-state index is 0.0688. The largest absolute Gasteiger partial charge is 0.388 e. The Balaban J connectivity index is 1.66. The first-order valence-electron chi connectivity index (χ1n) is 8.51. The Morgan fingerprint density at radius 3 is 2.72 bits per heavy atom. The summed E-state index contributed by atoms with van der Waals surface area (Å²) >= 11 is 0. The van der Waals surface area contributed by atoms with Crippen molar-refractivity contribution in [1.29, 1.82) is 0 Å². The van der Waals surface area contributed by atoms with Gasteiger partial charge in [0.15, 0.2) is 0 Å². The molecule has 2 unspecified atom stereocenters. The third-order valence-corrected chi connectivity index (χ3v) is 4.73. The third-order valence-electron chi connectivity index (χ3n) is 4.73. The van der Waals surface area contributed by atoms with Crippen molar-refractivity contribution in [3.05, 3.63) is 71.3 Å². The average Bonchev–Trinajstić information content (AvgIpc) is 3.07. The van der Waals surface area contributed by atoms with Crippen LogP contribution in [0.5, 0.6) is 0 Å². The van der Waals surface area contributed by atoms with E-state index in [9.17, 15) is 18.7 Å². The molecule has 5 heteroatoms. The maximum absolute atomic E-state index is 13.8. The number of rotatable bonds is 5. The molecule has 0 radical (unpaired) electrons. The zero-order valence-electron chi connectivity index (χ0n) is 13.9. The standard InChI is InChI=1S/C20H21F2NO2/c21-16-8-9-18(22)15(11-16)12-20(25)23-10-4-7-17(23)13-19(24)14-5-2-1-3-6-14/h1-3,5-6,8-9,11,17,19,24H,4,7,10,12-13H2. The maximum atomic E-state index is 13.8. The molecule has 1 N–H and O–H groups in total. The summed E-state index contributed by atoms with van der Waals surface area (Å²) in [5.41, 5.74) is 0.886. The molecule has 1 aliphatic rings. The van der Waals surface area contributed by atoms with Gasteiger partial charge >= 0.3 is 0 Å². The van der Waals surface area contributed by atoms with Crippen LogP contribution in [0.2, 0.25) is 0 Å². The van der Waals surface area contributed by atoms with Crippen molar-refractivity contribution in [3.63, 3.8) is 0 Å². The van der Waals surface area contributed by atoms with E-state index in [0.717, 1.165) is 36.6 Å². The third kappa shape index (κ3) is 4.23. The van der Waals surface area contributed by atoms with Crippen molar-refractivity contribution in [2.75, 3.05) is 6.54 Å². The molecule has 0 aromatic heterocycles. The second-order valence-electron chi connectivity index (χ2n) is 6.46. The normalized spacial score (nSPS) is 18.4. The molecule has 0 spiro atoms. The zero-order chi connectivity index (χ0) is 17.8. The molecule has 1 fully saturated rings. The fraction of sp³-hybridized carbons (Fsp3) is 0.350. The second kappa shape index (κ2) is 7.74. The van der Waals surface area contributed by atoms with Gasteiger partial charge in [0.1, 0.15) is 11.6 Å². The van der Waals surface area contributed by atoms with E-state index in [1.54, 1.807) is 4.90 Å². The molecule has 1 aliphatic heterocycles. The van der Waals surface area contributed by atoms with Gasteiger partial charge < -0.3 is 10.0 Å². The first-order chi connectivity index (χ1) is 12.0. The van der Waals surface area contributed by atoms with Gasteiger partial charge in [-0.05, 0) is 43.0 Å². The van der Waals surface area contributed by atoms with Gasteiger partial charge in [0.25, 0.3) is 0 Å². The van der Waals surface area contributed by atoms with E-state index < -0.39 is 17.7 Å². The zero-order valence-corrected chi connectivity index (χ0v) is 13.9. The Hall–Kier alpha value is -2.27. The highest BCUT2D eigenvalue weighted by atomic mass is 19.1. The van der Waals surface area contributed by atoms with Crippen LogP contribution in [0.3, 0.4) is 0 Å². The number of carbonyl (C=O) groups is 1. The molecule has 1 saturated heterocycles. The molecule has 3 nitrogen and oxygen atoms in total. The lowest BCUT2D eigenvalue weighted by atomic mass is 10.00. The summed E-state index contributed by atoms with van der Waals surface area (Å²) in [4.78, 5) is 14.3. The molecule has 132 valence electrons. The Morgan fingerprint density at radius 1 is 1.20 bits per heavy atom. The molecule has 1 amide bonds. The SMILES string of the molecule is O=C(Cc1cc(F)ccc1F)N1CCCC1CC(O)c1ccccc1. The first-order valence-corrected chi connectivity index (χ1v) is 8.51. The molecule has 2 atom stereocenters. The van der Waals surface area contributed by atoms with E-state index in [-0.39, 0.29) is 23.9 Å². The van der Waals surface area contributed by atoms with Crippen molar-refractivity contribution in [1.82, 2.24) is 4.90 Å². The van der Waals surface area contributed by atoms with Crippen molar-refractivity contribution in [2.45, 2.75) is 37.8 Å². The first kappa shape index (κ1) is 17.5. The second-order valence-corrected chi connectivity index (χ2v) is 6.46. The molecule has 0 bridgehead atoms. The Morgan fingerprint density at radius 2 is 1.96 bits per heavy atom. The van der Waals surface area contributed by atoms with Crippen LogP contribution in [0.1, 0.15) is 36.5 Å². The van der Waals surface area contributed by atoms with Gasteiger partial charge in [-0.2, -0.15) is 0 Å². The van der Waals surface area contributed by atoms with Crippen LogP contribution >= 0.6 is 0 Å². The van der Waals surface area contributed by atoms with Crippen LogP contribution in [0, 0.1) is 11.6 Å². The van der Waals surface area contributed by atoms with E-state index in [4.69, 9.17) is 0 Å². The molecule has 3 rings (SSSR count). The van der Waals surface area contributed by atoms with Crippen molar-refractivity contribution < 1.29 is 18.7 Å². The molecule has 1 heterocycles. The van der Waals surface area contributed by atoms with E-state index in [1.165, 1.54) is 0 Å². The van der Waals surface area contributed by atoms with Crippen molar-refractivity contribution in [2.24, 2.45) is 0 Å². The number of aliphatic hydroxyl groups is 1. The van der Waals surface area contributed by atoms with Crippen LogP contribution in [0.25, 0.3) is 0 Å². The minimum Gasteiger partial charge on any atom is -0.388 e. The lowest BCUT2D eigenvalue weighted by molar-refractivity contribution is -0.131. The molecular weight excluding hydrogens is 324 g/mol. The molecule has 2 aromatic rings. The molecule has 25 heavy (non-hydrogen) atoms. The maximum Gasteiger partial charge on any atom is 0.227 e. The van der Waals surface area contributed by atoms with E-state index in [0.29, 0.717) is 13.0 Å². The molecular formula is C20H21F2NO2. The predicted molar refractivity (Wildman–Crippen MR) is 90.8 cm³/mol. The summed E-state index contributed by atoms with van der Waals surface area (Å²) < 4.78 is 27.1. The van der Waals surface area contributed by atoms with Crippen LogP contribution in [-0.2, 0) is 11.2 Å². The average molecular weight is 345 g/mol. The Kier molecular flexibility index (Phi) is 5.43. The number of hydrogen-bond acceptors (Lipinski definition) is 2. The van der Waals surface area contributed by atoms with Gasteiger partial charge in [0, 0.05) is 18.2 Å². The van der Waals surface area contributed by atoms with E-state index in [1.807, 2.05) is 30.3 Å². The Labute approximate surface area is 145 Å². The van der Waals surface area contributed by atoms with Gasteiger partial charge in [-0.15, -0.1) is 0 Å². The lowest BCUT2D eigenvalue weighted by Crippen LogP contribution is -2.37. The Bertz CT molecular complexity index is 736. The van der Waals surface area contributed by atoms with Crippen LogP contribution in [-0.4, -0.2) is 28.5 Å². The number of halogens is 2. The van der Waals surface area contributed by atoms with Gasteiger partial charge in [-0.1, -0.05) is 30.3 Å². The summed E-state index contributed by atoms with van der Waals surface area (Å²) in [5.74, 6) is -1.36. The van der Waals surface area contributed by atoms with Crippen LogP contribution in [0.4, 0.5) is 8.78 Å². The molecule has 0 saturated carbocycles. The highest BCUT2D eigenvalue weighted by Crippen LogP contribution is 2.28. The fourth-order valence-electron chi connectivity index (χ4n) is 3.42. The molecule has 0 aliphatic carbocycles. The topological polar surface area (TPSA) is 40.5 Å². The summed E-state index contributed by atoms with van der Waals surface area (Å²) in [5, 5.41) is 10.4. The predicted octanol–water partition coefficient (Wildman–Crippen LogP) is 3.62. The fourth-order valence-corrected chi connectivity index (χ4v) is 3.42.